The van der Waals surface area contributed by atoms with Gasteiger partial charge in [-0.25, -0.2) is 14.6 Å². The van der Waals surface area contributed by atoms with Gasteiger partial charge in [0.2, 0.25) is 11.8 Å². The largest absolute Gasteiger partial charge is 0.481 e. The lowest BCUT2D eigenvalue weighted by atomic mass is 10.0. The number of alkyl carbamates (subject to hydrolysis) is 1. The summed E-state index contributed by atoms with van der Waals surface area (Å²) in [6.07, 6.45) is -6.41. The Morgan fingerprint density at radius 3 is 2.04 bits per heavy atom. The number of amides is 5. The Balaban J connectivity index is 2.18. The van der Waals surface area contributed by atoms with Crippen LogP contribution in [-0.2, 0) is 54.4 Å². The van der Waals surface area contributed by atoms with E-state index in [0.29, 0.717) is 10.6 Å². The number of nitrogens with zero attached hydrogens (tertiary/aromatic N) is 1. The third-order valence-electron chi connectivity index (χ3n) is 6.93. The first-order valence-electron chi connectivity index (χ1n) is 15.7. The Hall–Kier alpha value is -5.30. The van der Waals surface area contributed by atoms with Crippen molar-refractivity contribution in [2.75, 3.05) is 13.2 Å². The van der Waals surface area contributed by atoms with Crippen LogP contribution < -0.4 is 21.4 Å². The Labute approximate surface area is 286 Å². The summed E-state index contributed by atoms with van der Waals surface area (Å²) in [5.41, 5.74) is 2.66. The summed E-state index contributed by atoms with van der Waals surface area (Å²) >= 11 is 0. The number of epoxide rings is 1. The lowest BCUT2D eigenvalue weighted by Gasteiger charge is -2.28. The van der Waals surface area contributed by atoms with Crippen LogP contribution in [0.3, 0.4) is 0 Å². The molecule has 6 atom stereocenters. The number of nitrogens with one attached hydrogen (secondary N) is 4. The number of hydrogen-bond donors (Lipinski definition) is 7. The lowest BCUT2D eigenvalue weighted by Crippen LogP contribution is -2.61. The maximum atomic E-state index is 13.4. The minimum atomic E-state index is -1.87. The van der Waals surface area contributed by atoms with Crippen LogP contribution in [0.15, 0.2) is 30.3 Å². The van der Waals surface area contributed by atoms with Crippen LogP contribution in [0.1, 0.15) is 52.5 Å². The number of aliphatic hydroxyl groups excluding tert-OH is 1. The summed E-state index contributed by atoms with van der Waals surface area (Å²) in [6.45, 7) is 4.92. The summed E-state index contributed by atoms with van der Waals surface area (Å²) in [5.74, 6) is -8.33. The Morgan fingerprint density at radius 2 is 1.48 bits per heavy atom. The van der Waals surface area contributed by atoms with Crippen molar-refractivity contribution in [2.24, 2.45) is 5.92 Å². The molecule has 1 heterocycles. The molecule has 1 saturated heterocycles. The number of aliphatic hydroxyl groups is 1. The van der Waals surface area contributed by atoms with E-state index in [9.17, 15) is 53.7 Å². The molecule has 0 spiro atoms. The summed E-state index contributed by atoms with van der Waals surface area (Å²) in [5, 5.41) is 36.2. The van der Waals surface area contributed by atoms with E-state index in [-0.39, 0.29) is 25.6 Å². The van der Waals surface area contributed by atoms with Gasteiger partial charge in [-0.1, -0.05) is 44.2 Å². The number of carboxylic acid groups (broad SMARTS) is 2. The topological polar surface area (TPSA) is 280 Å². The molecule has 1 aliphatic rings. The van der Waals surface area contributed by atoms with E-state index in [1.165, 1.54) is 6.92 Å². The van der Waals surface area contributed by atoms with Gasteiger partial charge in [-0.05, 0) is 38.2 Å². The van der Waals surface area contributed by atoms with Gasteiger partial charge in [-0.3, -0.25) is 34.2 Å². The number of esters is 1. The molecule has 0 bridgehead atoms. The van der Waals surface area contributed by atoms with Gasteiger partial charge in [0.15, 0.2) is 12.2 Å². The van der Waals surface area contributed by atoms with Gasteiger partial charge < -0.3 is 45.5 Å². The molecular formula is C31H43N5O14. The van der Waals surface area contributed by atoms with Crippen molar-refractivity contribution >= 4 is 47.6 Å². The quantitative estimate of drug-likeness (QED) is 0.0506. The smallest absolute Gasteiger partial charge is 0.408 e. The fraction of sp³-hybridized carbons (Fsp3) is 0.548. The highest BCUT2D eigenvalue weighted by atomic mass is 16.6. The van der Waals surface area contributed by atoms with Crippen LogP contribution in [0.4, 0.5) is 4.79 Å². The molecule has 5 amide bonds. The highest BCUT2D eigenvalue weighted by Gasteiger charge is 2.53. The maximum Gasteiger partial charge on any atom is 0.408 e. The average Bonchev–Trinajstić information content (AvgIpc) is 3.84. The molecule has 1 aromatic rings. The standard InChI is InChI=1S/C31H43N5O14/c1-5-48-30(46)25-24(50-25)29(45)36(14-22(40)41)35-28(44)23(17(4)37)34-26(42)19(11-12-21(38)39)32-27(43)20(13-16(2)3)33-31(47)49-15-18-9-7-6-8-10-18/h6-10,16-17,19-20,23-25,37H,5,11-15H2,1-4H3,(H,32,43)(H,33,47)(H,34,42)(H,35,44)(H,38,39)(H,40,41). The SMILES string of the molecule is CCOC(=O)C1OC1C(=O)N(CC(=O)O)NC(=O)C(NC(=O)C(CCC(=O)O)NC(=O)C(CC(C)C)NC(=O)OCc1ccccc1)C(C)O. The summed E-state index contributed by atoms with van der Waals surface area (Å²) in [6, 6.07) is 4.02. The van der Waals surface area contributed by atoms with Gasteiger partial charge in [0.05, 0.1) is 12.7 Å². The molecule has 50 heavy (non-hydrogen) atoms. The van der Waals surface area contributed by atoms with Crippen LogP contribution in [-0.4, -0.2) is 118 Å². The normalized spacial score (nSPS) is 17.2. The molecule has 2 rings (SSSR count). The van der Waals surface area contributed by atoms with Crippen LogP contribution in [0.25, 0.3) is 0 Å². The van der Waals surface area contributed by atoms with Gasteiger partial charge >= 0.3 is 24.0 Å². The molecule has 19 heteroatoms. The molecule has 1 aromatic carbocycles. The van der Waals surface area contributed by atoms with Gasteiger partial charge in [-0.2, -0.15) is 0 Å². The first kappa shape index (κ1) is 40.9. The molecule has 0 radical (unpaired) electrons. The molecule has 276 valence electrons. The molecule has 7 N–H and O–H groups in total. The van der Waals surface area contributed by atoms with Gasteiger partial charge in [0, 0.05) is 6.42 Å². The van der Waals surface area contributed by atoms with Gasteiger partial charge in [0.1, 0.15) is 31.3 Å². The zero-order valence-corrected chi connectivity index (χ0v) is 28.0. The number of rotatable bonds is 19. The zero-order chi connectivity index (χ0) is 37.5. The van der Waals surface area contributed by atoms with Gasteiger partial charge in [0.25, 0.3) is 11.8 Å². The molecule has 1 aliphatic heterocycles. The second-order valence-corrected chi connectivity index (χ2v) is 11.6. The Bertz CT molecular complexity index is 1390. The van der Waals surface area contributed by atoms with E-state index in [4.69, 9.17) is 14.2 Å². The molecule has 19 nitrogen and oxygen atoms in total. The van der Waals surface area contributed by atoms with Crippen molar-refractivity contribution in [2.45, 2.75) is 90.0 Å². The minimum absolute atomic E-state index is 0.0188. The molecule has 0 aromatic heterocycles. The summed E-state index contributed by atoms with van der Waals surface area (Å²) in [7, 11) is 0. The fourth-order valence-corrected chi connectivity index (χ4v) is 4.45. The number of aliphatic carboxylic acids is 2. The van der Waals surface area contributed by atoms with Crippen molar-refractivity contribution in [1.29, 1.82) is 0 Å². The monoisotopic (exact) mass is 709 g/mol. The molecule has 6 unspecified atom stereocenters. The van der Waals surface area contributed by atoms with Crippen molar-refractivity contribution in [1.82, 2.24) is 26.4 Å². The lowest BCUT2D eigenvalue weighted by molar-refractivity contribution is -0.152. The summed E-state index contributed by atoms with van der Waals surface area (Å²) in [4.78, 5) is 99.9. The number of carbonyl (C=O) groups excluding carboxylic acids is 6. The number of hydrazine groups is 1. The number of hydrogen-bond acceptors (Lipinski definition) is 12. The van der Waals surface area contributed by atoms with Crippen molar-refractivity contribution in [3.05, 3.63) is 35.9 Å². The first-order valence-corrected chi connectivity index (χ1v) is 15.7. The molecule has 1 fully saturated rings. The molecule has 0 saturated carbocycles. The summed E-state index contributed by atoms with van der Waals surface area (Å²) < 4.78 is 14.9. The first-order chi connectivity index (χ1) is 23.5. The number of carbonyl (C=O) groups is 8. The van der Waals surface area contributed by atoms with E-state index in [1.807, 2.05) is 5.43 Å². The highest BCUT2D eigenvalue weighted by molar-refractivity contribution is 5.97. The van der Waals surface area contributed by atoms with Crippen molar-refractivity contribution in [3.8, 4) is 0 Å². The van der Waals surface area contributed by atoms with E-state index in [2.05, 4.69) is 16.0 Å². The molecule has 0 aliphatic carbocycles. The van der Waals surface area contributed by atoms with Gasteiger partial charge in [-0.15, -0.1) is 0 Å². The predicted molar refractivity (Wildman–Crippen MR) is 168 cm³/mol. The number of carboxylic acids is 2. The minimum Gasteiger partial charge on any atom is -0.481 e. The van der Waals surface area contributed by atoms with E-state index < -0.39 is 103 Å². The van der Waals surface area contributed by atoms with Crippen LogP contribution in [0.5, 0.6) is 0 Å². The number of ether oxygens (including phenoxy) is 3. The number of benzene rings is 1. The third kappa shape index (κ3) is 13.7. The third-order valence-corrected chi connectivity index (χ3v) is 6.93. The van der Waals surface area contributed by atoms with E-state index >= 15 is 0 Å². The predicted octanol–water partition coefficient (Wildman–Crippen LogP) is -1.18. The Morgan fingerprint density at radius 1 is 0.840 bits per heavy atom. The van der Waals surface area contributed by atoms with Crippen molar-refractivity contribution < 1.29 is 67.9 Å². The van der Waals surface area contributed by atoms with Crippen LogP contribution >= 0.6 is 0 Å². The molecular weight excluding hydrogens is 666 g/mol. The van der Waals surface area contributed by atoms with E-state index in [1.54, 1.807) is 44.2 Å². The zero-order valence-electron chi connectivity index (χ0n) is 28.0. The Kier molecular flexibility index (Phi) is 16.1. The van der Waals surface area contributed by atoms with Crippen LogP contribution in [0.2, 0.25) is 0 Å². The fourth-order valence-electron chi connectivity index (χ4n) is 4.45. The highest BCUT2D eigenvalue weighted by Crippen LogP contribution is 2.25. The van der Waals surface area contributed by atoms with Crippen molar-refractivity contribution in [3.63, 3.8) is 0 Å². The second kappa shape index (κ2) is 19.6. The average molecular weight is 710 g/mol. The van der Waals surface area contributed by atoms with Crippen LogP contribution in [0, 0.1) is 5.92 Å². The second-order valence-electron chi connectivity index (χ2n) is 11.6. The maximum absolute atomic E-state index is 13.4. The van der Waals surface area contributed by atoms with E-state index in [0.717, 1.165) is 6.92 Å².